The summed E-state index contributed by atoms with van der Waals surface area (Å²) in [7, 11) is 1.56. The number of rotatable bonds is 7. The maximum Gasteiger partial charge on any atom is 0.338 e. The van der Waals surface area contributed by atoms with Crippen LogP contribution in [-0.2, 0) is 20.9 Å². The summed E-state index contributed by atoms with van der Waals surface area (Å²) in [6.45, 7) is 2.10. The Balaban J connectivity index is 1.51. The Hall–Kier alpha value is -5.25. The molecule has 2 aliphatic rings. The summed E-state index contributed by atoms with van der Waals surface area (Å²) >= 11 is 7.61. The van der Waals surface area contributed by atoms with Crippen molar-refractivity contribution in [2.24, 2.45) is 4.99 Å². The fourth-order valence-corrected chi connectivity index (χ4v) is 7.36. The van der Waals surface area contributed by atoms with Crippen molar-refractivity contribution in [1.29, 1.82) is 0 Å². The summed E-state index contributed by atoms with van der Waals surface area (Å²) in [6, 6.07) is 30.4. The van der Waals surface area contributed by atoms with E-state index >= 15 is 0 Å². The first-order chi connectivity index (χ1) is 22.9. The van der Waals surface area contributed by atoms with Crippen LogP contribution in [0.1, 0.15) is 35.2 Å². The molecule has 0 unspecified atom stereocenters. The van der Waals surface area contributed by atoms with Gasteiger partial charge in [0.05, 0.1) is 48.8 Å². The number of methoxy groups -OCH3 is 1. The van der Waals surface area contributed by atoms with Crippen LogP contribution in [0.15, 0.2) is 118 Å². The molecule has 5 aromatic rings. The van der Waals surface area contributed by atoms with E-state index in [0.29, 0.717) is 43.6 Å². The second kappa shape index (κ2) is 12.5. The molecule has 0 radical (unpaired) electrons. The largest absolute Gasteiger partial charge is 0.497 e. The van der Waals surface area contributed by atoms with Crippen LogP contribution >= 0.6 is 22.9 Å². The van der Waals surface area contributed by atoms with E-state index in [0.717, 1.165) is 16.9 Å². The van der Waals surface area contributed by atoms with Gasteiger partial charge in [-0.05, 0) is 42.3 Å². The fraction of sp³-hybridized carbons (Fsp3) is 0.135. The van der Waals surface area contributed by atoms with Crippen LogP contribution in [0, 0.1) is 0 Å². The fourth-order valence-electron chi connectivity index (χ4n) is 6.07. The Morgan fingerprint density at radius 3 is 2.45 bits per heavy atom. The van der Waals surface area contributed by atoms with Gasteiger partial charge in [0, 0.05) is 16.1 Å². The molecule has 0 N–H and O–H groups in total. The highest BCUT2D eigenvalue weighted by atomic mass is 35.5. The van der Waals surface area contributed by atoms with Crippen molar-refractivity contribution in [3.05, 3.63) is 156 Å². The molecule has 10 heteroatoms. The van der Waals surface area contributed by atoms with Crippen LogP contribution in [0.4, 0.5) is 5.69 Å². The lowest BCUT2D eigenvalue weighted by atomic mass is 9.93. The van der Waals surface area contributed by atoms with Crippen LogP contribution in [0.25, 0.3) is 11.3 Å². The predicted octanol–water partition coefficient (Wildman–Crippen LogP) is 5.51. The minimum absolute atomic E-state index is 0.135. The van der Waals surface area contributed by atoms with Crippen molar-refractivity contribution < 1.29 is 19.1 Å². The van der Waals surface area contributed by atoms with Gasteiger partial charge in [-0.1, -0.05) is 102 Å². The standard InChI is InChI=1S/C37H28ClN3O5S/c1-3-46-36(44)30-31(22-12-5-4-6-13-22)39-37-41(32(30)23-15-11-16-25(20-23)45-2)35(43)33(47-37)29-26-17-8-10-19-28(26)40(34(29)42)21-24-14-7-9-18-27(24)38/h4-20,32H,3,21H2,1-2H3/b33-29+/t32-/m0/s1. The molecule has 1 aromatic heterocycles. The number of aromatic nitrogens is 1. The Kier molecular flexibility index (Phi) is 8.09. The van der Waals surface area contributed by atoms with Crippen LogP contribution in [0.5, 0.6) is 5.75 Å². The molecule has 0 saturated heterocycles. The monoisotopic (exact) mass is 661 g/mol. The van der Waals surface area contributed by atoms with E-state index in [1.165, 1.54) is 4.57 Å². The van der Waals surface area contributed by atoms with E-state index < -0.39 is 17.6 Å². The number of carbonyl (C=O) groups is 2. The first-order valence-electron chi connectivity index (χ1n) is 15.0. The van der Waals surface area contributed by atoms with Crippen LogP contribution < -0.4 is 24.5 Å². The quantitative estimate of drug-likeness (QED) is 0.215. The zero-order chi connectivity index (χ0) is 32.7. The van der Waals surface area contributed by atoms with Crippen LogP contribution in [0.3, 0.4) is 0 Å². The van der Waals surface area contributed by atoms with Gasteiger partial charge >= 0.3 is 5.97 Å². The predicted molar refractivity (Wildman–Crippen MR) is 182 cm³/mol. The van der Waals surface area contributed by atoms with Gasteiger partial charge in [0.15, 0.2) is 4.80 Å². The van der Waals surface area contributed by atoms with Crippen molar-refractivity contribution >= 4 is 51.8 Å². The molecular formula is C37H28ClN3O5S. The molecule has 7 rings (SSSR count). The molecule has 234 valence electrons. The molecule has 8 nitrogen and oxygen atoms in total. The number of nitrogens with zero attached hydrogens (tertiary/aromatic N) is 3. The Morgan fingerprint density at radius 1 is 0.936 bits per heavy atom. The van der Waals surface area contributed by atoms with Crippen molar-refractivity contribution in [1.82, 2.24) is 4.57 Å². The summed E-state index contributed by atoms with van der Waals surface area (Å²) in [5, 5.41) is 0.545. The number of anilines is 1. The summed E-state index contributed by atoms with van der Waals surface area (Å²) in [4.78, 5) is 49.7. The molecule has 0 spiro atoms. The molecule has 1 atom stereocenters. The topological polar surface area (TPSA) is 90.2 Å². The molecular weight excluding hydrogens is 634 g/mol. The van der Waals surface area contributed by atoms with Gasteiger partial charge in [0.25, 0.3) is 11.5 Å². The van der Waals surface area contributed by atoms with Gasteiger partial charge < -0.3 is 14.4 Å². The molecule has 0 aliphatic carbocycles. The SMILES string of the molecule is CCOC(=O)C1=C(c2ccccc2)N=c2s/c(=C3/C(=O)N(Cc4ccccc4Cl)c4ccccc43)c(=O)n2[C@H]1c1cccc(OC)c1. The number of hydrogen-bond acceptors (Lipinski definition) is 7. The van der Waals surface area contributed by atoms with Crippen molar-refractivity contribution in [2.45, 2.75) is 19.5 Å². The van der Waals surface area contributed by atoms with E-state index in [-0.39, 0.29) is 34.7 Å². The highest BCUT2D eigenvalue weighted by Gasteiger charge is 2.38. The lowest BCUT2D eigenvalue weighted by molar-refractivity contribution is -0.138. The second-order valence-electron chi connectivity index (χ2n) is 10.9. The summed E-state index contributed by atoms with van der Waals surface area (Å²) in [5.74, 6) is -0.347. The molecule has 1 amide bonds. The highest BCUT2D eigenvalue weighted by Crippen LogP contribution is 2.38. The minimum atomic E-state index is -0.907. The third kappa shape index (κ3) is 5.27. The Morgan fingerprint density at radius 2 is 1.68 bits per heavy atom. The maximum absolute atomic E-state index is 14.7. The molecule has 0 fully saturated rings. The molecule has 47 heavy (non-hydrogen) atoms. The van der Waals surface area contributed by atoms with Gasteiger partial charge in [0.2, 0.25) is 0 Å². The number of fused-ring (bicyclic) bond motifs is 2. The van der Waals surface area contributed by atoms with E-state index in [9.17, 15) is 14.4 Å². The maximum atomic E-state index is 14.7. The third-order valence-electron chi connectivity index (χ3n) is 8.20. The number of carbonyl (C=O) groups excluding carboxylic acids is 2. The van der Waals surface area contributed by atoms with Crippen molar-refractivity contribution in [2.75, 3.05) is 18.6 Å². The van der Waals surface area contributed by atoms with Gasteiger partial charge in [-0.2, -0.15) is 0 Å². The Bertz CT molecular complexity index is 2270. The number of para-hydroxylation sites is 1. The van der Waals surface area contributed by atoms with E-state index in [2.05, 4.69) is 0 Å². The first-order valence-corrected chi connectivity index (χ1v) is 16.2. The minimum Gasteiger partial charge on any atom is -0.497 e. The second-order valence-corrected chi connectivity index (χ2v) is 12.3. The van der Waals surface area contributed by atoms with Crippen LogP contribution in [-0.4, -0.2) is 30.2 Å². The number of thiazole rings is 1. The highest BCUT2D eigenvalue weighted by molar-refractivity contribution is 7.07. The van der Waals surface area contributed by atoms with Crippen molar-refractivity contribution in [3.8, 4) is 5.75 Å². The van der Waals surface area contributed by atoms with Crippen LogP contribution in [0.2, 0.25) is 5.02 Å². The average molecular weight is 662 g/mol. The number of hydrogen-bond donors (Lipinski definition) is 0. The molecule has 0 saturated carbocycles. The smallest absolute Gasteiger partial charge is 0.338 e. The summed E-state index contributed by atoms with van der Waals surface area (Å²) in [6.07, 6.45) is 0. The molecule has 2 aliphatic heterocycles. The lowest BCUT2D eigenvalue weighted by Gasteiger charge is -2.26. The van der Waals surface area contributed by atoms with Gasteiger partial charge in [0.1, 0.15) is 10.3 Å². The van der Waals surface area contributed by atoms with E-state index in [1.807, 2.05) is 78.9 Å². The number of benzene rings is 4. The zero-order valence-corrected chi connectivity index (χ0v) is 27.0. The first kappa shape index (κ1) is 30.4. The van der Waals surface area contributed by atoms with Gasteiger partial charge in [-0.3, -0.25) is 14.2 Å². The number of amides is 1. The van der Waals surface area contributed by atoms with Gasteiger partial charge in [-0.25, -0.2) is 9.79 Å². The average Bonchev–Trinajstić information content (AvgIpc) is 3.57. The lowest BCUT2D eigenvalue weighted by Crippen LogP contribution is -2.41. The molecule has 0 bridgehead atoms. The zero-order valence-electron chi connectivity index (χ0n) is 25.5. The van der Waals surface area contributed by atoms with E-state index in [1.54, 1.807) is 43.2 Å². The van der Waals surface area contributed by atoms with Gasteiger partial charge in [-0.15, -0.1) is 0 Å². The Labute approximate surface area is 279 Å². The number of ether oxygens (including phenoxy) is 2. The number of esters is 1. The normalized spacial score (nSPS) is 16.4. The third-order valence-corrected chi connectivity index (χ3v) is 9.62. The molecule has 3 heterocycles. The number of halogens is 1. The van der Waals surface area contributed by atoms with E-state index in [4.69, 9.17) is 26.1 Å². The van der Waals surface area contributed by atoms with Crippen molar-refractivity contribution in [3.63, 3.8) is 0 Å². The summed E-state index contributed by atoms with van der Waals surface area (Å²) < 4.78 is 12.8. The molecule has 4 aromatic carbocycles. The summed E-state index contributed by atoms with van der Waals surface area (Å²) in [5.41, 5.74) is 3.88.